The topological polar surface area (TPSA) is 85.8 Å². The van der Waals surface area contributed by atoms with E-state index in [-0.39, 0.29) is 12.5 Å². The fourth-order valence-corrected chi connectivity index (χ4v) is 2.82. The molecule has 1 aromatic heterocycles. The second-order valence-electron chi connectivity index (χ2n) is 5.91. The molecule has 0 aromatic carbocycles. The first-order valence-electron chi connectivity index (χ1n) is 8.16. The highest BCUT2D eigenvalue weighted by Gasteiger charge is 2.15. The van der Waals surface area contributed by atoms with Crippen molar-refractivity contribution in [3.05, 3.63) is 11.9 Å². The van der Waals surface area contributed by atoms with Gasteiger partial charge in [0.15, 0.2) is 0 Å². The third-order valence-corrected chi connectivity index (χ3v) is 4.00. The van der Waals surface area contributed by atoms with Crippen molar-refractivity contribution >= 4 is 5.91 Å². The molecule has 3 N–H and O–H groups in total. The first kappa shape index (κ1) is 15.9. The van der Waals surface area contributed by atoms with Crippen molar-refractivity contribution < 1.29 is 4.79 Å². The summed E-state index contributed by atoms with van der Waals surface area (Å²) in [5.41, 5.74) is 6.41. The highest BCUT2D eigenvalue weighted by atomic mass is 16.2. The highest BCUT2D eigenvalue weighted by Crippen LogP contribution is 2.17. The zero-order chi connectivity index (χ0) is 14.9. The molecule has 0 saturated heterocycles. The van der Waals surface area contributed by atoms with Crippen LogP contribution in [0.5, 0.6) is 0 Å². The molecular formula is C15H27N5O. The molecule has 1 aliphatic carbocycles. The van der Waals surface area contributed by atoms with Crippen molar-refractivity contribution in [2.24, 2.45) is 5.73 Å². The molecule has 1 aliphatic rings. The van der Waals surface area contributed by atoms with Gasteiger partial charge in [0.2, 0.25) is 5.91 Å². The number of nitrogens with two attached hydrogens (primary N) is 1. The van der Waals surface area contributed by atoms with Gasteiger partial charge >= 0.3 is 0 Å². The Hall–Kier alpha value is -1.43. The standard InChI is InChI=1S/C15H27N5O/c16-10-6-5-9-14-11-20(19-18-14)12-15(21)17-13-7-3-1-2-4-8-13/h11,13H,1-10,12,16H2,(H,17,21). The third-order valence-electron chi connectivity index (χ3n) is 4.00. The van der Waals surface area contributed by atoms with Gasteiger partial charge in [0.1, 0.15) is 6.54 Å². The van der Waals surface area contributed by atoms with Gasteiger partial charge in [0.25, 0.3) is 0 Å². The lowest BCUT2D eigenvalue weighted by atomic mass is 10.1. The van der Waals surface area contributed by atoms with Crippen LogP contribution in [0.15, 0.2) is 6.20 Å². The van der Waals surface area contributed by atoms with Gasteiger partial charge in [-0.25, -0.2) is 4.68 Å². The maximum absolute atomic E-state index is 12.0. The van der Waals surface area contributed by atoms with Crippen LogP contribution in [0.2, 0.25) is 0 Å². The van der Waals surface area contributed by atoms with Gasteiger partial charge in [-0.3, -0.25) is 4.79 Å². The average molecular weight is 293 g/mol. The molecule has 1 heterocycles. The maximum atomic E-state index is 12.0. The number of unbranched alkanes of at least 4 members (excludes halogenated alkanes) is 1. The van der Waals surface area contributed by atoms with E-state index in [9.17, 15) is 4.79 Å². The van der Waals surface area contributed by atoms with Crippen LogP contribution >= 0.6 is 0 Å². The van der Waals surface area contributed by atoms with Crippen LogP contribution in [0.3, 0.4) is 0 Å². The molecule has 6 nitrogen and oxygen atoms in total. The normalized spacial score (nSPS) is 16.6. The maximum Gasteiger partial charge on any atom is 0.242 e. The van der Waals surface area contributed by atoms with Crippen LogP contribution in [0.4, 0.5) is 0 Å². The molecular weight excluding hydrogens is 266 g/mol. The quantitative estimate of drug-likeness (QED) is 0.588. The van der Waals surface area contributed by atoms with E-state index in [0.717, 1.165) is 37.8 Å². The van der Waals surface area contributed by atoms with Gasteiger partial charge in [-0.15, -0.1) is 5.10 Å². The Morgan fingerprint density at radius 3 is 2.76 bits per heavy atom. The minimum atomic E-state index is 0.0420. The molecule has 0 aliphatic heterocycles. The number of aromatic nitrogens is 3. The second-order valence-corrected chi connectivity index (χ2v) is 5.91. The lowest BCUT2D eigenvalue weighted by Crippen LogP contribution is -2.36. The largest absolute Gasteiger partial charge is 0.352 e. The van der Waals surface area contributed by atoms with E-state index in [0.29, 0.717) is 12.6 Å². The smallest absolute Gasteiger partial charge is 0.242 e. The van der Waals surface area contributed by atoms with E-state index in [1.807, 2.05) is 6.20 Å². The summed E-state index contributed by atoms with van der Waals surface area (Å²) in [4.78, 5) is 12.0. The summed E-state index contributed by atoms with van der Waals surface area (Å²) >= 11 is 0. The van der Waals surface area contributed by atoms with E-state index in [1.165, 1.54) is 25.7 Å². The fraction of sp³-hybridized carbons (Fsp3) is 0.800. The molecule has 0 unspecified atom stereocenters. The number of hydrogen-bond acceptors (Lipinski definition) is 4. The molecule has 0 bridgehead atoms. The van der Waals surface area contributed by atoms with Crippen LogP contribution in [-0.2, 0) is 17.8 Å². The minimum Gasteiger partial charge on any atom is -0.352 e. The van der Waals surface area contributed by atoms with Crippen molar-refractivity contribution in [1.82, 2.24) is 20.3 Å². The van der Waals surface area contributed by atoms with Crippen LogP contribution in [0, 0.1) is 0 Å². The van der Waals surface area contributed by atoms with E-state index >= 15 is 0 Å². The van der Waals surface area contributed by atoms with Gasteiger partial charge in [0, 0.05) is 12.2 Å². The number of aryl methyl sites for hydroxylation is 1. The summed E-state index contributed by atoms with van der Waals surface area (Å²) in [5.74, 6) is 0.0420. The Balaban J connectivity index is 1.74. The van der Waals surface area contributed by atoms with Crippen LogP contribution in [-0.4, -0.2) is 33.5 Å². The number of hydrogen-bond donors (Lipinski definition) is 2. The first-order chi connectivity index (χ1) is 10.3. The van der Waals surface area contributed by atoms with Crippen LogP contribution in [0.25, 0.3) is 0 Å². The number of carbonyl (C=O) groups is 1. The predicted octanol–water partition coefficient (Wildman–Crippen LogP) is 1.40. The predicted molar refractivity (Wildman–Crippen MR) is 81.6 cm³/mol. The minimum absolute atomic E-state index is 0.0420. The van der Waals surface area contributed by atoms with Crippen molar-refractivity contribution in [1.29, 1.82) is 0 Å². The number of amides is 1. The van der Waals surface area contributed by atoms with Crippen molar-refractivity contribution in [3.8, 4) is 0 Å². The fourth-order valence-electron chi connectivity index (χ4n) is 2.82. The molecule has 118 valence electrons. The van der Waals surface area contributed by atoms with E-state index < -0.39 is 0 Å². The molecule has 1 amide bonds. The molecule has 1 saturated carbocycles. The molecule has 1 fully saturated rings. The van der Waals surface area contributed by atoms with Crippen molar-refractivity contribution in [2.45, 2.75) is 70.4 Å². The summed E-state index contributed by atoms with van der Waals surface area (Å²) in [7, 11) is 0. The third kappa shape index (κ3) is 5.83. The molecule has 0 spiro atoms. The summed E-state index contributed by atoms with van der Waals surface area (Å²) < 4.78 is 1.63. The van der Waals surface area contributed by atoms with E-state index in [1.54, 1.807) is 4.68 Å². The lowest BCUT2D eigenvalue weighted by Gasteiger charge is -2.15. The Kier molecular flexibility index (Phi) is 6.66. The zero-order valence-electron chi connectivity index (χ0n) is 12.8. The lowest BCUT2D eigenvalue weighted by molar-refractivity contribution is -0.122. The number of nitrogens with one attached hydrogen (secondary N) is 1. The highest BCUT2D eigenvalue weighted by molar-refractivity contribution is 5.75. The molecule has 0 atom stereocenters. The second kappa shape index (κ2) is 8.77. The molecule has 21 heavy (non-hydrogen) atoms. The van der Waals surface area contributed by atoms with Crippen LogP contribution < -0.4 is 11.1 Å². The Bertz CT molecular complexity index is 423. The average Bonchev–Trinajstić information content (AvgIpc) is 2.74. The van der Waals surface area contributed by atoms with Gasteiger partial charge < -0.3 is 11.1 Å². The molecule has 6 heteroatoms. The zero-order valence-corrected chi connectivity index (χ0v) is 12.8. The van der Waals surface area contributed by atoms with Crippen molar-refractivity contribution in [2.75, 3.05) is 6.54 Å². The van der Waals surface area contributed by atoms with Gasteiger partial charge in [-0.2, -0.15) is 0 Å². The Labute approximate surface area is 126 Å². The van der Waals surface area contributed by atoms with Crippen molar-refractivity contribution in [3.63, 3.8) is 0 Å². The summed E-state index contributed by atoms with van der Waals surface area (Å²) in [6, 6.07) is 0.340. The van der Waals surface area contributed by atoms with Gasteiger partial charge in [-0.1, -0.05) is 30.9 Å². The van der Waals surface area contributed by atoms with Gasteiger partial charge in [0.05, 0.1) is 5.69 Å². The number of rotatable bonds is 7. The molecule has 2 rings (SSSR count). The number of nitrogens with zero attached hydrogens (tertiary/aromatic N) is 3. The number of carbonyl (C=O) groups excluding carboxylic acids is 1. The Morgan fingerprint density at radius 1 is 1.29 bits per heavy atom. The van der Waals surface area contributed by atoms with Crippen LogP contribution in [0.1, 0.15) is 57.1 Å². The summed E-state index contributed by atoms with van der Waals surface area (Å²) in [6.45, 7) is 0.971. The first-order valence-corrected chi connectivity index (χ1v) is 8.16. The Morgan fingerprint density at radius 2 is 2.05 bits per heavy atom. The summed E-state index contributed by atoms with van der Waals surface area (Å²) in [6.07, 6.45) is 12.0. The van der Waals surface area contributed by atoms with E-state index in [2.05, 4.69) is 15.6 Å². The van der Waals surface area contributed by atoms with E-state index in [4.69, 9.17) is 5.73 Å². The molecule has 0 radical (unpaired) electrons. The molecule has 1 aromatic rings. The SMILES string of the molecule is NCCCCc1cn(CC(=O)NC2CCCCCC2)nn1. The summed E-state index contributed by atoms with van der Waals surface area (Å²) in [5, 5.41) is 11.2. The van der Waals surface area contributed by atoms with Gasteiger partial charge in [-0.05, 0) is 38.6 Å². The monoisotopic (exact) mass is 293 g/mol.